The van der Waals surface area contributed by atoms with Crippen LogP contribution < -0.4 is 14.8 Å². The van der Waals surface area contributed by atoms with Crippen LogP contribution in [0.2, 0.25) is 0 Å². The van der Waals surface area contributed by atoms with Gasteiger partial charge < -0.3 is 19.7 Å². The Balaban J connectivity index is 1.39. The molecule has 1 N–H and O–H groups in total. The first kappa shape index (κ1) is 25.6. The van der Waals surface area contributed by atoms with Crippen molar-refractivity contribution in [2.75, 3.05) is 33.9 Å². The minimum Gasteiger partial charge on any atom is -0.481 e. The van der Waals surface area contributed by atoms with Crippen molar-refractivity contribution in [2.24, 2.45) is 5.92 Å². The topological polar surface area (TPSA) is 76.6 Å². The summed E-state index contributed by atoms with van der Waals surface area (Å²) in [5.41, 5.74) is 2.04. The van der Waals surface area contributed by atoms with Gasteiger partial charge in [-0.3, -0.25) is 4.79 Å². The van der Waals surface area contributed by atoms with Gasteiger partial charge in [-0.1, -0.05) is 42.5 Å². The number of aryl methyl sites for hydroxylation is 1. The van der Waals surface area contributed by atoms with Gasteiger partial charge >= 0.3 is 0 Å². The van der Waals surface area contributed by atoms with Crippen LogP contribution in [0.25, 0.3) is 0 Å². The molecule has 1 atom stereocenters. The Morgan fingerprint density at radius 2 is 1.67 bits per heavy atom. The lowest BCUT2D eigenvalue weighted by atomic mass is 9.94. The van der Waals surface area contributed by atoms with E-state index in [-0.39, 0.29) is 17.6 Å². The second kappa shape index (κ2) is 12.4. The number of halogens is 1. The highest BCUT2D eigenvalue weighted by Crippen LogP contribution is 2.26. The average Bonchev–Trinajstić information content (AvgIpc) is 2.93. The molecule has 0 spiro atoms. The molecule has 4 rings (SSSR count). The van der Waals surface area contributed by atoms with Gasteiger partial charge in [0.15, 0.2) is 5.82 Å². The molecule has 2 aromatic carbocycles. The van der Waals surface area contributed by atoms with Crippen molar-refractivity contribution in [1.29, 1.82) is 0 Å². The third kappa shape index (κ3) is 6.79. The predicted molar refractivity (Wildman–Crippen MR) is 135 cm³/mol. The summed E-state index contributed by atoms with van der Waals surface area (Å²) in [6.45, 7) is 2.80. The van der Waals surface area contributed by atoms with Gasteiger partial charge in [0.25, 0.3) is 0 Å². The van der Waals surface area contributed by atoms with E-state index in [0.29, 0.717) is 23.1 Å². The fraction of sp³-hybridized carbons (Fsp3) is 0.393. The number of carbonyl (C=O) groups is 1. The molecule has 190 valence electrons. The largest absolute Gasteiger partial charge is 0.481 e. The molecule has 1 unspecified atom stereocenters. The molecule has 1 saturated heterocycles. The summed E-state index contributed by atoms with van der Waals surface area (Å²) in [4.78, 5) is 24.6. The highest BCUT2D eigenvalue weighted by molar-refractivity contribution is 5.79. The van der Waals surface area contributed by atoms with Gasteiger partial charge in [-0.15, -0.1) is 0 Å². The summed E-state index contributed by atoms with van der Waals surface area (Å²) in [6, 6.07) is 17.4. The zero-order valence-electron chi connectivity index (χ0n) is 20.8. The predicted octanol–water partition coefficient (Wildman–Crippen LogP) is 4.18. The number of rotatable bonds is 10. The maximum Gasteiger partial charge on any atom is 0.224 e. The quantitative estimate of drug-likeness (QED) is 0.458. The Hall–Kier alpha value is -3.52. The highest BCUT2D eigenvalue weighted by atomic mass is 19.1. The van der Waals surface area contributed by atoms with Crippen molar-refractivity contribution in [3.8, 4) is 11.8 Å². The number of methoxy groups -OCH3 is 2. The average molecular weight is 493 g/mol. The number of hydrogen-bond acceptors (Lipinski definition) is 6. The van der Waals surface area contributed by atoms with Crippen LogP contribution in [-0.2, 0) is 11.2 Å². The molecule has 36 heavy (non-hydrogen) atoms. The number of piperidine rings is 1. The Bertz CT molecular complexity index is 1100. The second-order valence-electron chi connectivity index (χ2n) is 9.01. The standard InChI is InChI=1S/C28H33FN4O3/c1-35-24-19-25(36-2)31-27(30-24)26(21-10-12-23(29)13-11-21)32-28(34)22-14-17-33(18-15-22)16-6-9-20-7-4-3-5-8-20/h3-5,7-8,10-13,19,22,26H,6,9,14-18H2,1-2H3,(H,32,34). The van der Waals surface area contributed by atoms with Crippen LogP contribution in [0, 0.1) is 11.7 Å². The number of amides is 1. The molecule has 1 aliphatic heterocycles. The maximum atomic E-state index is 13.6. The minimum absolute atomic E-state index is 0.0568. The summed E-state index contributed by atoms with van der Waals surface area (Å²) >= 11 is 0. The molecule has 0 radical (unpaired) electrons. The SMILES string of the molecule is COc1cc(OC)nc(C(NC(=O)C2CCN(CCCc3ccccc3)CC2)c2ccc(F)cc2)n1. The van der Waals surface area contributed by atoms with Crippen molar-refractivity contribution < 1.29 is 18.7 Å². The number of nitrogens with zero attached hydrogens (tertiary/aromatic N) is 3. The Morgan fingerprint density at radius 1 is 1.03 bits per heavy atom. The molecule has 2 heterocycles. The number of ether oxygens (including phenoxy) is 2. The van der Waals surface area contributed by atoms with Crippen LogP contribution in [0.5, 0.6) is 11.8 Å². The lowest BCUT2D eigenvalue weighted by Gasteiger charge is -2.32. The van der Waals surface area contributed by atoms with Crippen LogP contribution in [0.3, 0.4) is 0 Å². The molecular weight excluding hydrogens is 459 g/mol. The Kier molecular flexibility index (Phi) is 8.84. The van der Waals surface area contributed by atoms with Gasteiger partial charge in [-0.2, -0.15) is 9.97 Å². The molecule has 0 bridgehead atoms. The first-order valence-electron chi connectivity index (χ1n) is 12.3. The molecule has 3 aromatic rings. The van der Waals surface area contributed by atoms with E-state index in [2.05, 4.69) is 44.5 Å². The third-order valence-electron chi connectivity index (χ3n) is 6.60. The van der Waals surface area contributed by atoms with Gasteiger partial charge in [-0.25, -0.2) is 4.39 Å². The molecule has 1 aliphatic rings. The smallest absolute Gasteiger partial charge is 0.224 e. The molecule has 1 amide bonds. The summed E-state index contributed by atoms with van der Waals surface area (Å²) in [6.07, 6.45) is 3.73. The Morgan fingerprint density at radius 3 is 2.28 bits per heavy atom. The maximum absolute atomic E-state index is 13.6. The first-order chi connectivity index (χ1) is 17.6. The summed E-state index contributed by atoms with van der Waals surface area (Å²) in [7, 11) is 3.01. The van der Waals surface area contributed by atoms with Gasteiger partial charge in [0.1, 0.15) is 11.9 Å². The number of carbonyl (C=O) groups excluding carboxylic acids is 1. The minimum atomic E-state index is -0.661. The molecule has 7 nitrogen and oxygen atoms in total. The van der Waals surface area contributed by atoms with Gasteiger partial charge in [0.2, 0.25) is 17.7 Å². The van der Waals surface area contributed by atoms with Crippen molar-refractivity contribution in [1.82, 2.24) is 20.2 Å². The van der Waals surface area contributed by atoms with E-state index in [1.54, 1.807) is 18.2 Å². The van der Waals surface area contributed by atoms with Crippen molar-refractivity contribution in [3.05, 3.63) is 83.4 Å². The van der Waals surface area contributed by atoms with Crippen molar-refractivity contribution in [2.45, 2.75) is 31.7 Å². The monoisotopic (exact) mass is 492 g/mol. The van der Waals surface area contributed by atoms with Gasteiger partial charge in [0, 0.05) is 5.92 Å². The summed E-state index contributed by atoms with van der Waals surface area (Å²) in [5, 5.41) is 3.10. The van der Waals surface area contributed by atoms with Crippen LogP contribution in [-0.4, -0.2) is 54.6 Å². The molecule has 1 aromatic heterocycles. The van der Waals surface area contributed by atoms with Gasteiger partial charge in [-0.05, 0) is 68.6 Å². The Labute approximate surface area is 211 Å². The number of nitrogens with one attached hydrogen (secondary N) is 1. The van der Waals surface area contributed by atoms with Crippen LogP contribution in [0.15, 0.2) is 60.7 Å². The van der Waals surface area contributed by atoms with E-state index in [1.807, 2.05) is 6.07 Å². The summed E-state index contributed by atoms with van der Waals surface area (Å²) < 4.78 is 24.2. The van der Waals surface area contributed by atoms with Crippen LogP contribution >= 0.6 is 0 Å². The van der Waals surface area contributed by atoms with E-state index in [9.17, 15) is 9.18 Å². The van der Waals surface area contributed by atoms with Crippen LogP contribution in [0.1, 0.15) is 42.3 Å². The lowest BCUT2D eigenvalue weighted by molar-refractivity contribution is -0.127. The van der Waals surface area contributed by atoms with E-state index in [4.69, 9.17) is 9.47 Å². The first-order valence-corrected chi connectivity index (χ1v) is 12.3. The number of likely N-dealkylation sites (tertiary alicyclic amines) is 1. The summed E-state index contributed by atoms with van der Waals surface area (Å²) in [5.74, 6) is 0.450. The molecule has 0 aliphatic carbocycles. The van der Waals surface area contributed by atoms with Crippen LogP contribution in [0.4, 0.5) is 4.39 Å². The van der Waals surface area contributed by atoms with Crippen molar-refractivity contribution >= 4 is 5.91 Å². The fourth-order valence-electron chi connectivity index (χ4n) is 4.54. The zero-order valence-corrected chi connectivity index (χ0v) is 20.8. The number of hydrogen-bond donors (Lipinski definition) is 1. The lowest BCUT2D eigenvalue weighted by Crippen LogP contribution is -2.42. The zero-order chi connectivity index (χ0) is 25.3. The number of benzene rings is 2. The van der Waals surface area contributed by atoms with E-state index in [1.165, 1.54) is 31.9 Å². The van der Waals surface area contributed by atoms with E-state index in [0.717, 1.165) is 45.3 Å². The van der Waals surface area contributed by atoms with E-state index >= 15 is 0 Å². The van der Waals surface area contributed by atoms with Crippen molar-refractivity contribution in [3.63, 3.8) is 0 Å². The molecule has 8 heteroatoms. The molecule has 1 fully saturated rings. The third-order valence-corrected chi connectivity index (χ3v) is 6.60. The van der Waals surface area contributed by atoms with E-state index < -0.39 is 6.04 Å². The second-order valence-corrected chi connectivity index (χ2v) is 9.01. The normalized spacial score (nSPS) is 15.3. The molecular formula is C28H33FN4O3. The highest BCUT2D eigenvalue weighted by Gasteiger charge is 2.29. The number of aromatic nitrogens is 2. The molecule has 0 saturated carbocycles. The fourth-order valence-corrected chi connectivity index (χ4v) is 4.54. The van der Waals surface area contributed by atoms with Gasteiger partial charge in [0.05, 0.1) is 20.3 Å².